The van der Waals surface area contributed by atoms with Gasteiger partial charge in [0.2, 0.25) is 0 Å². The number of hydrogen-bond acceptors (Lipinski definition) is 4. The lowest BCUT2D eigenvalue weighted by Crippen LogP contribution is -2.20. The lowest BCUT2D eigenvalue weighted by Gasteiger charge is -2.26. The Bertz CT molecular complexity index is 1230. The van der Waals surface area contributed by atoms with E-state index in [9.17, 15) is 4.79 Å². The number of carbonyl (C=O) groups is 1. The minimum atomic E-state index is -0.229. The molecule has 168 valence electrons. The molecule has 4 rings (SSSR count). The first-order chi connectivity index (χ1) is 15.8. The fraction of sp³-hybridized carbons (Fsp3) is 0.214. The summed E-state index contributed by atoms with van der Waals surface area (Å²) in [7, 11) is 0. The predicted octanol–water partition coefficient (Wildman–Crippen LogP) is 6.77. The molecule has 0 saturated heterocycles. The molecule has 0 unspecified atom stereocenters. The fourth-order valence-corrected chi connectivity index (χ4v) is 4.57. The van der Waals surface area contributed by atoms with Gasteiger partial charge in [0.05, 0.1) is 5.69 Å². The monoisotopic (exact) mass is 456 g/mol. The van der Waals surface area contributed by atoms with Crippen LogP contribution in [0.25, 0.3) is 11.3 Å². The normalized spacial score (nSPS) is 11.3. The number of nitrogens with zero attached hydrogens (tertiary/aromatic N) is 1. The molecule has 0 radical (unpaired) electrons. The van der Waals surface area contributed by atoms with Crippen LogP contribution in [0.2, 0.25) is 0 Å². The minimum absolute atomic E-state index is 0.0695. The second kappa shape index (κ2) is 9.59. The molecule has 0 fully saturated rings. The molecule has 4 aromatic rings. The van der Waals surface area contributed by atoms with Crippen LogP contribution in [0.3, 0.4) is 0 Å². The number of rotatable bonds is 7. The van der Waals surface area contributed by atoms with Gasteiger partial charge in [-0.05, 0) is 37.1 Å². The molecule has 0 aliphatic heterocycles. The molecule has 4 nitrogen and oxygen atoms in total. The predicted molar refractivity (Wildman–Crippen MR) is 136 cm³/mol. The van der Waals surface area contributed by atoms with Gasteiger partial charge in [-0.3, -0.25) is 10.1 Å². The molecule has 1 aromatic heterocycles. The number of nitrogens with one attached hydrogen (secondary N) is 1. The molecule has 0 spiro atoms. The summed E-state index contributed by atoms with van der Waals surface area (Å²) >= 11 is 1.47. The summed E-state index contributed by atoms with van der Waals surface area (Å²) in [6.45, 7) is 8.40. The first-order valence-corrected chi connectivity index (χ1v) is 11.8. The van der Waals surface area contributed by atoms with Crippen LogP contribution in [0.1, 0.15) is 35.4 Å². The summed E-state index contributed by atoms with van der Waals surface area (Å²) in [4.78, 5) is 18.1. The molecule has 0 atom stereocenters. The van der Waals surface area contributed by atoms with Crippen LogP contribution < -0.4 is 10.1 Å². The number of hydrogen-bond donors (Lipinski definition) is 1. The highest BCUT2D eigenvalue weighted by molar-refractivity contribution is 7.16. The number of thiazole rings is 1. The Morgan fingerprint density at radius 2 is 1.55 bits per heavy atom. The fourth-order valence-electron chi connectivity index (χ4n) is 3.72. The Kier molecular flexibility index (Phi) is 6.61. The van der Waals surface area contributed by atoms with Crippen molar-refractivity contribution in [1.29, 1.82) is 0 Å². The zero-order valence-electron chi connectivity index (χ0n) is 19.4. The number of amides is 1. The number of aryl methyl sites for hydroxylation is 2. The SMILES string of the molecule is Cc1ccc(-c2nc(NC(=O)COc3ccc(C(C)(C)c4ccccc4)cc3)sc2C)cc1. The van der Waals surface area contributed by atoms with Crippen LogP contribution in [0.15, 0.2) is 78.9 Å². The van der Waals surface area contributed by atoms with Gasteiger partial charge in [0.1, 0.15) is 5.75 Å². The van der Waals surface area contributed by atoms with E-state index < -0.39 is 0 Å². The maximum atomic E-state index is 12.4. The van der Waals surface area contributed by atoms with E-state index in [2.05, 4.69) is 91.7 Å². The number of benzene rings is 3. The van der Waals surface area contributed by atoms with Gasteiger partial charge in [-0.1, -0.05) is 86.1 Å². The summed E-state index contributed by atoms with van der Waals surface area (Å²) in [5.74, 6) is 0.432. The largest absolute Gasteiger partial charge is 0.484 e. The Morgan fingerprint density at radius 3 is 2.21 bits per heavy atom. The molecular weight excluding hydrogens is 428 g/mol. The summed E-state index contributed by atoms with van der Waals surface area (Å²) in [6.07, 6.45) is 0. The van der Waals surface area contributed by atoms with Crippen molar-refractivity contribution in [3.63, 3.8) is 0 Å². The Morgan fingerprint density at radius 1 is 0.909 bits per heavy atom. The second-order valence-corrected chi connectivity index (χ2v) is 9.85. The van der Waals surface area contributed by atoms with Crippen molar-refractivity contribution in [1.82, 2.24) is 4.98 Å². The van der Waals surface area contributed by atoms with Crippen molar-refractivity contribution in [3.8, 4) is 17.0 Å². The van der Waals surface area contributed by atoms with Crippen LogP contribution >= 0.6 is 11.3 Å². The first-order valence-electron chi connectivity index (χ1n) is 11.0. The van der Waals surface area contributed by atoms with Gasteiger partial charge in [-0.2, -0.15) is 0 Å². The molecule has 0 aliphatic rings. The third-order valence-electron chi connectivity index (χ3n) is 5.81. The highest BCUT2D eigenvalue weighted by Crippen LogP contribution is 2.32. The van der Waals surface area contributed by atoms with Gasteiger partial charge < -0.3 is 4.74 Å². The number of aromatic nitrogens is 1. The molecule has 1 heterocycles. The quantitative estimate of drug-likeness (QED) is 0.334. The zero-order chi connectivity index (χ0) is 23.4. The smallest absolute Gasteiger partial charge is 0.264 e. The number of carbonyl (C=O) groups excluding carboxylic acids is 1. The average Bonchev–Trinajstić information content (AvgIpc) is 3.18. The third-order valence-corrected chi connectivity index (χ3v) is 6.70. The zero-order valence-corrected chi connectivity index (χ0v) is 20.2. The molecule has 0 aliphatic carbocycles. The van der Waals surface area contributed by atoms with Gasteiger partial charge in [-0.15, -0.1) is 11.3 Å². The third kappa shape index (κ3) is 5.32. The van der Waals surface area contributed by atoms with E-state index in [4.69, 9.17) is 4.74 Å². The Hall–Kier alpha value is -3.44. The van der Waals surface area contributed by atoms with E-state index in [1.807, 2.05) is 25.1 Å². The van der Waals surface area contributed by atoms with Crippen LogP contribution in [-0.2, 0) is 10.2 Å². The number of anilines is 1. The second-order valence-electron chi connectivity index (χ2n) is 8.64. The first kappa shape index (κ1) is 22.7. The summed E-state index contributed by atoms with van der Waals surface area (Å²) in [5.41, 5.74) is 5.47. The van der Waals surface area contributed by atoms with Crippen LogP contribution in [0.5, 0.6) is 5.75 Å². The summed E-state index contributed by atoms with van der Waals surface area (Å²) < 4.78 is 5.71. The van der Waals surface area contributed by atoms with Crippen LogP contribution in [0.4, 0.5) is 5.13 Å². The van der Waals surface area contributed by atoms with E-state index in [1.54, 1.807) is 0 Å². The van der Waals surface area contributed by atoms with Gasteiger partial charge >= 0.3 is 0 Å². The van der Waals surface area contributed by atoms with Crippen molar-refractivity contribution in [2.75, 3.05) is 11.9 Å². The van der Waals surface area contributed by atoms with Gasteiger partial charge in [-0.25, -0.2) is 4.98 Å². The Balaban J connectivity index is 1.36. The molecule has 5 heteroatoms. The van der Waals surface area contributed by atoms with Crippen LogP contribution in [0, 0.1) is 13.8 Å². The molecule has 33 heavy (non-hydrogen) atoms. The Labute approximate surface area is 199 Å². The lowest BCUT2D eigenvalue weighted by atomic mass is 9.78. The molecule has 1 amide bonds. The van der Waals surface area contributed by atoms with Crippen molar-refractivity contribution in [2.45, 2.75) is 33.1 Å². The maximum Gasteiger partial charge on any atom is 0.264 e. The van der Waals surface area contributed by atoms with Crippen molar-refractivity contribution in [2.24, 2.45) is 0 Å². The highest BCUT2D eigenvalue weighted by atomic mass is 32.1. The molecule has 3 aromatic carbocycles. The minimum Gasteiger partial charge on any atom is -0.484 e. The molecular formula is C28H28N2O2S. The van der Waals surface area contributed by atoms with Crippen molar-refractivity contribution in [3.05, 3.63) is 100 Å². The van der Waals surface area contributed by atoms with Gasteiger partial charge in [0.25, 0.3) is 5.91 Å². The standard InChI is InChI=1S/C28H28N2O2S/c1-19-10-12-21(13-11-19)26-20(2)33-27(30-26)29-25(31)18-32-24-16-14-23(15-17-24)28(3,4)22-8-6-5-7-9-22/h5-17H,18H2,1-4H3,(H,29,30,31). The van der Waals surface area contributed by atoms with E-state index in [-0.39, 0.29) is 17.9 Å². The van der Waals surface area contributed by atoms with Gasteiger partial charge in [0.15, 0.2) is 11.7 Å². The summed E-state index contributed by atoms with van der Waals surface area (Å²) in [6, 6.07) is 26.6. The number of ether oxygens (including phenoxy) is 1. The van der Waals surface area contributed by atoms with Gasteiger partial charge in [0, 0.05) is 15.9 Å². The molecule has 0 bridgehead atoms. The van der Waals surface area contributed by atoms with E-state index in [1.165, 1.54) is 28.0 Å². The molecule has 1 N–H and O–H groups in total. The maximum absolute atomic E-state index is 12.4. The van der Waals surface area contributed by atoms with E-state index in [0.717, 1.165) is 16.1 Å². The summed E-state index contributed by atoms with van der Waals surface area (Å²) in [5, 5.41) is 3.44. The van der Waals surface area contributed by atoms with Crippen molar-refractivity contribution < 1.29 is 9.53 Å². The van der Waals surface area contributed by atoms with E-state index >= 15 is 0 Å². The lowest BCUT2D eigenvalue weighted by molar-refractivity contribution is -0.118. The average molecular weight is 457 g/mol. The van der Waals surface area contributed by atoms with E-state index in [0.29, 0.717) is 10.9 Å². The highest BCUT2D eigenvalue weighted by Gasteiger charge is 2.22. The molecule has 0 saturated carbocycles. The van der Waals surface area contributed by atoms with Crippen LogP contribution in [-0.4, -0.2) is 17.5 Å². The van der Waals surface area contributed by atoms with Crippen molar-refractivity contribution >= 4 is 22.4 Å². The topological polar surface area (TPSA) is 51.2 Å².